The number of morpholine rings is 1. The van der Waals surface area contributed by atoms with E-state index in [0.29, 0.717) is 6.54 Å². The first-order valence-corrected chi connectivity index (χ1v) is 10.2. The minimum absolute atomic E-state index is 0.193. The molecule has 1 aliphatic rings. The highest BCUT2D eigenvalue weighted by molar-refractivity contribution is 5.79. The maximum atomic E-state index is 13.3. The Bertz CT molecular complexity index is 821. The first kappa shape index (κ1) is 21.0. The number of nitrogens with one attached hydrogen (secondary N) is 2. The molecule has 1 aromatic carbocycles. The maximum Gasteiger partial charge on any atom is 0.191 e. The molecule has 1 aliphatic heterocycles. The third-order valence-electron chi connectivity index (χ3n) is 4.92. The summed E-state index contributed by atoms with van der Waals surface area (Å²) in [4.78, 5) is 11.6. The normalized spacial score (nSPS) is 14.7. The van der Waals surface area contributed by atoms with Crippen LogP contribution in [0.2, 0.25) is 0 Å². The van der Waals surface area contributed by atoms with Crippen molar-refractivity contribution < 1.29 is 9.13 Å². The Morgan fingerprint density at radius 2 is 2.03 bits per heavy atom. The van der Waals surface area contributed by atoms with E-state index in [2.05, 4.69) is 26.6 Å². The Morgan fingerprint density at radius 3 is 2.79 bits per heavy atom. The number of aryl methyl sites for hydroxylation is 1. The second-order valence-electron chi connectivity index (χ2n) is 7.03. The molecule has 0 aliphatic carbocycles. The van der Waals surface area contributed by atoms with Crippen LogP contribution >= 0.6 is 0 Å². The summed E-state index contributed by atoms with van der Waals surface area (Å²) >= 11 is 0. The van der Waals surface area contributed by atoms with E-state index < -0.39 is 0 Å². The molecule has 0 amide bonds. The van der Waals surface area contributed by atoms with Crippen LogP contribution in [-0.2, 0) is 17.7 Å². The van der Waals surface area contributed by atoms with Crippen LogP contribution in [0.25, 0.3) is 0 Å². The number of benzene rings is 1. The van der Waals surface area contributed by atoms with Crippen LogP contribution in [0.4, 0.5) is 10.2 Å². The van der Waals surface area contributed by atoms with Gasteiger partial charge in [-0.15, -0.1) is 0 Å². The average molecular weight is 400 g/mol. The van der Waals surface area contributed by atoms with E-state index in [1.54, 1.807) is 6.07 Å². The van der Waals surface area contributed by atoms with Crippen molar-refractivity contribution in [2.75, 3.05) is 44.3 Å². The van der Waals surface area contributed by atoms with Gasteiger partial charge in [0.1, 0.15) is 11.6 Å². The molecule has 0 saturated carbocycles. The van der Waals surface area contributed by atoms with Gasteiger partial charge in [-0.3, -0.25) is 0 Å². The molecule has 0 unspecified atom stereocenters. The zero-order chi connectivity index (χ0) is 20.5. The zero-order valence-electron chi connectivity index (χ0n) is 17.2. The molecule has 2 aromatic rings. The Morgan fingerprint density at radius 1 is 1.21 bits per heavy atom. The standard InChI is InChI=1S/C22H30FN5O/c1-3-24-22(26-10-8-18-6-7-20(23)15-17(18)2)27-16-19-5-4-9-25-21(19)28-11-13-29-14-12-28/h4-7,9,15H,3,8,10-14,16H2,1-2H3,(H2,24,26,27). The van der Waals surface area contributed by atoms with E-state index in [9.17, 15) is 4.39 Å². The molecule has 1 fully saturated rings. The highest BCUT2D eigenvalue weighted by atomic mass is 19.1. The molecule has 0 atom stereocenters. The van der Waals surface area contributed by atoms with Crippen molar-refractivity contribution in [3.8, 4) is 0 Å². The van der Waals surface area contributed by atoms with Crippen LogP contribution in [0, 0.1) is 12.7 Å². The van der Waals surface area contributed by atoms with Gasteiger partial charge >= 0.3 is 0 Å². The van der Waals surface area contributed by atoms with Crippen molar-refractivity contribution in [3.63, 3.8) is 0 Å². The summed E-state index contributed by atoms with van der Waals surface area (Å²) in [6.45, 7) is 9.19. The summed E-state index contributed by atoms with van der Waals surface area (Å²) in [5, 5.41) is 6.66. The van der Waals surface area contributed by atoms with Gasteiger partial charge in [0.15, 0.2) is 5.96 Å². The van der Waals surface area contributed by atoms with Crippen LogP contribution in [0.3, 0.4) is 0 Å². The number of hydrogen-bond donors (Lipinski definition) is 2. The molecule has 29 heavy (non-hydrogen) atoms. The van der Waals surface area contributed by atoms with Crippen LogP contribution in [0.15, 0.2) is 41.5 Å². The number of aromatic nitrogens is 1. The van der Waals surface area contributed by atoms with Crippen LogP contribution in [-0.4, -0.2) is 50.3 Å². The van der Waals surface area contributed by atoms with Crippen molar-refractivity contribution in [3.05, 3.63) is 59.0 Å². The van der Waals surface area contributed by atoms with Gasteiger partial charge in [-0.2, -0.15) is 0 Å². The first-order valence-electron chi connectivity index (χ1n) is 10.2. The molecular formula is C22H30FN5O. The smallest absolute Gasteiger partial charge is 0.191 e. The number of anilines is 1. The number of hydrogen-bond acceptors (Lipinski definition) is 4. The third kappa shape index (κ3) is 6.15. The van der Waals surface area contributed by atoms with Crippen molar-refractivity contribution in [1.29, 1.82) is 0 Å². The Balaban J connectivity index is 1.62. The molecule has 3 rings (SSSR count). The van der Waals surface area contributed by atoms with Crippen LogP contribution in [0.1, 0.15) is 23.6 Å². The summed E-state index contributed by atoms with van der Waals surface area (Å²) in [7, 11) is 0. The minimum Gasteiger partial charge on any atom is -0.378 e. The summed E-state index contributed by atoms with van der Waals surface area (Å²) in [6, 6.07) is 8.96. The molecule has 0 spiro atoms. The van der Waals surface area contributed by atoms with E-state index in [-0.39, 0.29) is 5.82 Å². The SMILES string of the molecule is CCNC(=NCc1cccnc1N1CCOCC1)NCCc1ccc(F)cc1C. The minimum atomic E-state index is -0.193. The monoisotopic (exact) mass is 399 g/mol. The van der Waals surface area contributed by atoms with Gasteiger partial charge in [-0.1, -0.05) is 12.1 Å². The predicted molar refractivity (Wildman–Crippen MR) is 115 cm³/mol. The Hall–Kier alpha value is -2.67. The summed E-state index contributed by atoms with van der Waals surface area (Å²) in [5.41, 5.74) is 3.21. The lowest BCUT2D eigenvalue weighted by atomic mass is 10.1. The molecule has 2 N–H and O–H groups in total. The van der Waals surface area contributed by atoms with Crippen molar-refractivity contribution >= 4 is 11.8 Å². The lowest BCUT2D eigenvalue weighted by Crippen LogP contribution is -2.38. The number of ether oxygens (including phenoxy) is 1. The predicted octanol–water partition coefficient (Wildman–Crippen LogP) is 2.66. The second kappa shape index (κ2) is 10.8. The topological polar surface area (TPSA) is 61.8 Å². The fraction of sp³-hybridized carbons (Fsp3) is 0.455. The largest absolute Gasteiger partial charge is 0.378 e. The lowest BCUT2D eigenvalue weighted by molar-refractivity contribution is 0.122. The van der Waals surface area contributed by atoms with Gasteiger partial charge in [0, 0.05) is 37.9 Å². The number of aliphatic imine (C=N–C) groups is 1. The number of guanidine groups is 1. The molecule has 0 radical (unpaired) electrons. The molecule has 0 bridgehead atoms. The van der Waals surface area contributed by atoms with E-state index in [1.165, 1.54) is 6.07 Å². The fourth-order valence-electron chi connectivity index (χ4n) is 3.37. The maximum absolute atomic E-state index is 13.3. The summed E-state index contributed by atoms with van der Waals surface area (Å²) in [5.74, 6) is 1.56. The van der Waals surface area contributed by atoms with Crippen molar-refractivity contribution in [2.45, 2.75) is 26.8 Å². The van der Waals surface area contributed by atoms with E-state index in [4.69, 9.17) is 9.73 Å². The van der Waals surface area contributed by atoms with Crippen molar-refractivity contribution in [2.24, 2.45) is 4.99 Å². The lowest BCUT2D eigenvalue weighted by Gasteiger charge is -2.29. The average Bonchev–Trinajstić information content (AvgIpc) is 2.74. The number of pyridine rings is 1. The van der Waals surface area contributed by atoms with Crippen molar-refractivity contribution in [1.82, 2.24) is 15.6 Å². The molecule has 6 nitrogen and oxygen atoms in total. The molecule has 1 aromatic heterocycles. The summed E-state index contributed by atoms with van der Waals surface area (Å²) < 4.78 is 18.7. The number of nitrogens with zero attached hydrogens (tertiary/aromatic N) is 3. The van der Waals surface area contributed by atoms with Gasteiger partial charge in [0.2, 0.25) is 0 Å². The quantitative estimate of drug-likeness (QED) is 0.554. The number of halogens is 1. The zero-order valence-corrected chi connectivity index (χ0v) is 17.2. The fourth-order valence-corrected chi connectivity index (χ4v) is 3.37. The van der Waals surface area contributed by atoms with E-state index >= 15 is 0 Å². The Kier molecular flexibility index (Phi) is 7.81. The molecule has 156 valence electrons. The third-order valence-corrected chi connectivity index (χ3v) is 4.92. The Labute approximate surface area is 172 Å². The summed E-state index contributed by atoms with van der Waals surface area (Å²) in [6.07, 6.45) is 2.63. The van der Waals surface area contributed by atoms with Gasteiger partial charge in [0.05, 0.1) is 19.8 Å². The first-order chi connectivity index (χ1) is 14.2. The van der Waals surface area contributed by atoms with Gasteiger partial charge in [0.25, 0.3) is 0 Å². The van der Waals surface area contributed by atoms with E-state index in [0.717, 1.165) is 74.3 Å². The van der Waals surface area contributed by atoms with E-state index in [1.807, 2.05) is 32.2 Å². The molecular weight excluding hydrogens is 369 g/mol. The van der Waals surface area contributed by atoms with Gasteiger partial charge in [-0.05, 0) is 49.6 Å². The second-order valence-corrected chi connectivity index (χ2v) is 7.03. The molecule has 7 heteroatoms. The van der Waals surface area contributed by atoms with Gasteiger partial charge in [-0.25, -0.2) is 14.4 Å². The van der Waals surface area contributed by atoms with Crippen LogP contribution < -0.4 is 15.5 Å². The van der Waals surface area contributed by atoms with Gasteiger partial charge < -0.3 is 20.3 Å². The molecule has 2 heterocycles. The highest BCUT2D eigenvalue weighted by Gasteiger charge is 2.15. The molecule has 1 saturated heterocycles. The highest BCUT2D eigenvalue weighted by Crippen LogP contribution is 2.19. The number of rotatable bonds is 7. The van der Waals surface area contributed by atoms with Crippen LogP contribution in [0.5, 0.6) is 0 Å².